The van der Waals surface area contributed by atoms with Crippen LogP contribution in [0, 0.1) is 16.7 Å². The first kappa shape index (κ1) is 11.0. The van der Waals surface area contributed by atoms with Crippen molar-refractivity contribution in [3.05, 3.63) is 0 Å². The van der Waals surface area contributed by atoms with Gasteiger partial charge in [-0.2, -0.15) is 0 Å². The van der Waals surface area contributed by atoms with Crippen molar-refractivity contribution in [1.29, 1.82) is 0 Å². The van der Waals surface area contributed by atoms with Gasteiger partial charge in [-0.15, -0.1) is 0 Å². The first-order valence-electron chi connectivity index (χ1n) is 5.27. The second-order valence-corrected chi connectivity index (χ2v) is 5.49. The van der Waals surface area contributed by atoms with Gasteiger partial charge in [0.15, 0.2) is 0 Å². The van der Waals surface area contributed by atoms with E-state index in [0.717, 1.165) is 19.4 Å². The minimum absolute atomic E-state index is 0.207. The Bertz CT molecular complexity index is 179. The summed E-state index contributed by atoms with van der Waals surface area (Å²) in [5.41, 5.74) is 6.47. The molecule has 0 spiro atoms. The van der Waals surface area contributed by atoms with E-state index in [1.807, 2.05) is 0 Å². The van der Waals surface area contributed by atoms with Gasteiger partial charge in [0.25, 0.3) is 0 Å². The minimum atomic E-state index is 0.207. The average Bonchev–Trinajstić information content (AvgIpc) is 2.23. The van der Waals surface area contributed by atoms with E-state index in [1.165, 1.54) is 6.42 Å². The Kier molecular flexibility index (Phi) is 3.03. The molecule has 0 aromatic heterocycles. The highest BCUT2D eigenvalue weighted by Gasteiger charge is 2.46. The third-order valence-electron chi connectivity index (χ3n) is 3.75. The predicted octanol–water partition coefficient (Wildman–Crippen LogP) is 1.77. The molecule has 0 radical (unpaired) electrons. The van der Waals surface area contributed by atoms with E-state index >= 15 is 0 Å². The maximum Gasteiger partial charge on any atom is 0.0436 e. The standard InChI is InChI=1S/C11H23NO/c1-9-6-10(2,3)7-11(9,8-12)4-5-13/h9,13H,4-8,12H2,1-3H3. The topological polar surface area (TPSA) is 46.2 Å². The molecule has 1 rings (SSSR count). The molecule has 0 aromatic carbocycles. The molecule has 13 heavy (non-hydrogen) atoms. The summed E-state index contributed by atoms with van der Waals surface area (Å²) < 4.78 is 0. The lowest BCUT2D eigenvalue weighted by Gasteiger charge is -2.32. The molecule has 0 bridgehead atoms. The van der Waals surface area contributed by atoms with E-state index in [-0.39, 0.29) is 12.0 Å². The first-order valence-corrected chi connectivity index (χ1v) is 5.27. The fourth-order valence-corrected chi connectivity index (χ4v) is 3.18. The molecule has 2 heteroatoms. The highest BCUT2D eigenvalue weighted by Crippen LogP contribution is 2.53. The second kappa shape index (κ2) is 3.58. The molecule has 2 atom stereocenters. The maximum atomic E-state index is 9.06. The van der Waals surface area contributed by atoms with Gasteiger partial charge < -0.3 is 10.8 Å². The third kappa shape index (κ3) is 2.05. The van der Waals surface area contributed by atoms with Crippen LogP contribution in [0.3, 0.4) is 0 Å². The summed E-state index contributed by atoms with van der Waals surface area (Å²) in [7, 11) is 0. The summed E-state index contributed by atoms with van der Waals surface area (Å²) in [6, 6.07) is 0. The van der Waals surface area contributed by atoms with Crippen molar-refractivity contribution in [3.8, 4) is 0 Å². The second-order valence-electron chi connectivity index (χ2n) is 5.49. The van der Waals surface area contributed by atoms with Crippen LogP contribution in [-0.4, -0.2) is 18.3 Å². The fourth-order valence-electron chi connectivity index (χ4n) is 3.18. The van der Waals surface area contributed by atoms with Crippen LogP contribution in [0.15, 0.2) is 0 Å². The summed E-state index contributed by atoms with van der Waals surface area (Å²) in [5, 5.41) is 9.06. The van der Waals surface area contributed by atoms with E-state index in [9.17, 15) is 0 Å². The minimum Gasteiger partial charge on any atom is -0.396 e. The number of hydrogen-bond donors (Lipinski definition) is 2. The van der Waals surface area contributed by atoms with Crippen molar-refractivity contribution in [3.63, 3.8) is 0 Å². The maximum absolute atomic E-state index is 9.06. The largest absolute Gasteiger partial charge is 0.396 e. The normalized spacial score (nSPS) is 38.1. The Balaban J connectivity index is 2.76. The van der Waals surface area contributed by atoms with Gasteiger partial charge in [-0.3, -0.25) is 0 Å². The monoisotopic (exact) mass is 185 g/mol. The zero-order chi connectivity index (χ0) is 10.1. The number of rotatable bonds is 3. The predicted molar refractivity (Wildman–Crippen MR) is 55.4 cm³/mol. The number of hydrogen-bond acceptors (Lipinski definition) is 2. The van der Waals surface area contributed by atoms with Gasteiger partial charge in [-0.05, 0) is 42.6 Å². The van der Waals surface area contributed by atoms with Crippen LogP contribution in [-0.2, 0) is 0 Å². The van der Waals surface area contributed by atoms with Crippen molar-refractivity contribution in [1.82, 2.24) is 0 Å². The molecule has 0 saturated heterocycles. The van der Waals surface area contributed by atoms with Crippen LogP contribution < -0.4 is 5.73 Å². The molecule has 0 heterocycles. The SMILES string of the molecule is CC1CC(C)(C)CC1(CN)CCO. The van der Waals surface area contributed by atoms with Crippen LogP contribution in [0.25, 0.3) is 0 Å². The zero-order valence-electron chi connectivity index (χ0n) is 9.14. The molecule has 1 saturated carbocycles. The first-order chi connectivity index (χ1) is 5.96. The van der Waals surface area contributed by atoms with E-state index in [4.69, 9.17) is 10.8 Å². The molecule has 2 unspecified atom stereocenters. The molecule has 0 aromatic rings. The van der Waals surface area contributed by atoms with Crippen molar-refractivity contribution in [2.45, 2.75) is 40.0 Å². The Morgan fingerprint density at radius 3 is 2.38 bits per heavy atom. The van der Waals surface area contributed by atoms with E-state index in [0.29, 0.717) is 11.3 Å². The molecule has 2 nitrogen and oxygen atoms in total. The van der Waals surface area contributed by atoms with E-state index in [1.54, 1.807) is 0 Å². The third-order valence-corrected chi connectivity index (χ3v) is 3.75. The Labute approximate surface area is 81.5 Å². The van der Waals surface area contributed by atoms with Crippen LogP contribution in [0.4, 0.5) is 0 Å². The Morgan fingerprint density at radius 1 is 1.46 bits per heavy atom. The smallest absolute Gasteiger partial charge is 0.0436 e. The van der Waals surface area contributed by atoms with Crippen LogP contribution in [0.1, 0.15) is 40.0 Å². The molecule has 1 aliphatic carbocycles. The number of aliphatic hydroxyl groups is 1. The van der Waals surface area contributed by atoms with Crippen molar-refractivity contribution < 1.29 is 5.11 Å². The van der Waals surface area contributed by atoms with E-state index < -0.39 is 0 Å². The van der Waals surface area contributed by atoms with Crippen LogP contribution >= 0.6 is 0 Å². The van der Waals surface area contributed by atoms with Crippen molar-refractivity contribution in [2.75, 3.05) is 13.2 Å². The molecule has 0 amide bonds. The van der Waals surface area contributed by atoms with Gasteiger partial charge in [0.1, 0.15) is 0 Å². The van der Waals surface area contributed by atoms with Gasteiger partial charge in [0.2, 0.25) is 0 Å². The molecular formula is C11H23NO. The molecule has 78 valence electrons. The summed E-state index contributed by atoms with van der Waals surface area (Å²) in [6.07, 6.45) is 3.27. The number of aliphatic hydroxyl groups excluding tert-OH is 1. The van der Waals surface area contributed by atoms with Crippen molar-refractivity contribution in [2.24, 2.45) is 22.5 Å². The summed E-state index contributed by atoms with van der Waals surface area (Å²) in [4.78, 5) is 0. The van der Waals surface area contributed by atoms with Gasteiger partial charge >= 0.3 is 0 Å². The zero-order valence-corrected chi connectivity index (χ0v) is 9.14. The lowest BCUT2D eigenvalue weighted by molar-refractivity contribution is 0.143. The number of nitrogens with two attached hydrogens (primary N) is 1. The summed E-state index contributed by atoms with van der Waals surface area (Å²) in [5.74, 6) is 0.652. The quantitative estimate of drug-likeness (QED) is 0.704. The Morgan fingerprint density at radius 2 is 2.08 bits per heavy atom. The van der Waals surface area contributed by atoms with Gasteiger partial charge in [0, 0.05) is 6.61 Å². The summed E-state index contributed by atoms with van der Waals surface area (Å²) >= 11 is 0. The molecule has 1 fully saturated rings. The van der Waals surface area contributed by atoms with Gasteiger partial charge in [-0.1, -0.05) is 20.8 Å². The lowest BCUT2D eigenvalue weighted by atomic mass is 9.75. The van der Waals surface area contributed by atoms with E-state index in [2.05, 4.69) is 20.8 Å². The fraction of sp³-hybridized carbons (Fsp3) is 1.00. The molecule has 1 aliphatic rings. The molecular weight excluding hydrogens is 162 g/mol. The lowest BCUT2D eigenvalue weighted by Crippen LogP contribution is -2.34. The highest BCUT2D eigenvalue weighted by molar-refractivity contribution is 4.98. The van der Waals surface area contributed by atoms with Crippen molar-refractivity contribution >= 4 is 0 Å². The van der Waals surface area contributed by atoms with Gasteiger partial charge in [0.05, 0.1) is 0 Å². The van der Waals surface area contributed by atoms with Crippen LogP contribution in [0.5, 0.6) is 0 Å². The Hall–Kier alpha value is -0.0800. The summed E-state index contributed by atoms with van der Waals surface area (Å²) in [6.45, 7) is 7.88. The molecule has 3 N–H and O–H groups in total. The van der Waals surface area contributed by atoms with Crippen LogP contribution in [0.2, 0.25) is 0 Å². The average molecular weight is 185 g/mol. The molecule has 0 aliphatic heterocycles. The highest BCUT2D eigenvalue weighted by atomic mass is 16.3. The van der Waals surface area contributed by atoms with Gasteiger partial charge in [-0.25, -0.2) is 0 Å².